The van der Waals surface area contributed by atoms with Gasteiger partial charge >= 0.3 is 0 Å². The molecule has 43 heavy (non-hydrogen) atoms. The van der Waals surface area contributed by atoms with Crippen molar-refractivity contribution < 1.29 is 4.58 Å². The summed E-state index contributed by atoms with van der Waals surface area (Å²) in [4.78, 5) is 0. The summed E-state index contributed by atoms with van der Waals surface area (Å²) in [6.07, 6.45) is 4.61. The van der Waals surface area contributed by atoms with Crippen LogP contribution in [0, 0.1) is 41.5 Å². The Balaban J connectivity index is 1.39. The molecule has 5 aromatic carbocycles. The molecule has 0 bridgehead atoms. The quantitative estimate of drug-likeness (QED) is 0.152. The van der Waals surface area contributed by atoms with Crippen molar-refractivity contribution in [3.8, 4) is 0 Å². The minimum Gasteiger partial charge on any atom is -0.198 e. The second-order valence-electron chi connectivity index (χ2n) is 13.3. The smallest absolute Gasteiger partial charge is 0.198 e. The van der Waals surface area contributed by atoms with Gasteiger partial charge in [-0.15, -0.1) is 0 Å². The van der Waals surface area contributed by atoms with Crippen LogP contribution in [0.3, 0.4) is 0 Å². The predicted octanol–water partition coefficient (Wildman–Crippen LogP) is 7.93. The Bertz CT molecular complexity index is 1850. The third kappa shape index (κ3) is 4.97. The van der Waals surface area contributed by atoms with Gasteiger partial charge < -0.3 is 0 Å². The van der Waals surface area contributed by atoms with Gasteiger partial charge in [0.05, 0.1) is 5.41 Å². The van der Waals surface area contributed by atoms with Gasteiger partial charge in [-0.1, -0.05) is 123 Å². The van der Waals surface area contributed by atoms with Gasteiger partial charge in [0.25, 0.3) is 0 Å². The normalized spacial score (nSPS) is 14.2. The van der Waals surface area contributed by atoms with Gasteiger partial charge in [-0.25, -0.2) is 0 Å². The zero-order chi connectivity index (χ0) is 30.6. The lowest BCUT2D eigenvalue weighted by molar-refractivity contribution is -0.401. The van der Waals surface area contributed by atoms with Crippen molar-refractivity contribution in [2.45, 2.75) is 60.8 Å². The lowest BCUT2D eigenvalue weighted by atomic mass is 9.34. The predicted molar refractivity (Wildman–Crippen MR) is 189 cm³/mol. The van der Waals surface area contributed by atoms with Crippen LogP contribution < -0.4 is 16.4 Å². The second kappa shape index (κ2) is 10.8. The van der Waals surface area contributed by atoms with Crippen LogP contribution in [0.2, 0.25) is 0 Å². The maximum atomic E-state index is 2.37. The van der Waals surface area contributed by atoms with Crippen LogP contribution in [-0.2, 0) is 5.41 Å². The zero-order valence-electron chi connectivity index (χ0n) is 27.3. The molecule has 6 rings (SSSR count). The van der Waals surface area contributed by atoms with Crippen LogP contribution >= 0.6 is 0 Å². The maximum absolute atomic E-state index is 2.37. The third-order valence-corrected chi connectivity index (χ3v) is 9.65. The number of nitrogens with zero attached hydrogens (tertiary/aromatic N) is 1. The standard InChI is InChI=1S/C41H43BN/c1-26-22-28(3)39(29(4)23-26)42(40-30(5)24-27(2)25-31(40)6)34-18-14-32(15-19-34)16-21-37-41(7,8)38-35-13-11-10-12-33(35)17-20-36(38)43(37)9/h10-25H,1-9H3/q+1/b21-16+. The molecule has 1 aliphatic heterocycles. The lowest BCUT2D eigenvalue weighted by Gasteiger charge is -2.24. The van der Waals surface area contributed by atoms with Gasteiger partial charge in [0.1, 0.15) is 7.05 Å². The summed E-state index contributed by atoms with van der Waals surface area (Å²) in [5.74, 6) is 0. The summed E-state index contributed by atoms with van der Waals surface area (Å²) in [7, 11) is 2.20. The number of hydrogen-bond donors (Lipinski definition) is 0. The van der Waals surface area contributed by atoms with Crippen molar-refractivity contribution in [2.24, 2.45) is 0 Å². The Morgan fingerprint density at radius 1 is 0.628 bits per heavy atom. The molecule has 1 heterocycles. The lowest BCUT2D eigenvalue weighted by Crippen LogP contribution is -2.55. The Morgan fingerprint density at radius 2 is 1.16 bits per heavy atom. The molecule has 2 heteroatoms. The summed E-state index contributed by atoms with van der Waals surface area (Å²) >= 11 is 0. The molecule has 5 aromatic rings. The maximum Gasteiger partial charge on any atom is 0.242 e. The van der Waals surface area contributed by atoms with E-state index < -0.39 is 0 Å². The van der Waals surface area contributed by atoms with E-state index >= 15 is 0 Å². The van der Waals surface area contributed by atoms with E-state index in [1.54, 1.807) is 0 Å². The highest BCUT2D eigenvalue weighted by molar-refractivity contribution is 6.96. The number of rotatable bonds is 5. The molecule has 0 spiro atoms. The molecule has 214 valence electrons. The molecular formula is C41H43BN+. The number of aryl methyl sites for hydroxylation is 6. The van der Waals surface area contributed by atoms with Crippen LogP contribution in [0.25, 0.3) is 16.8 Å². The van der Waals surface area contributed by atoms with E-state index in [0.717, 1.165) is 0 Å². The summed E-state index contributed by atoms with van der Waals surface area (Å²) in [6, 6.07) is 31.9. The van der Waals surface area contributed by atoms with E-state index in [-0.39, 0.29) is 12.1 Å². The van der Waals surface area contributed by atoms with Gasteiger partial charge in [0.15, 0.2) is 5.71 Å². The van der Waals surface area contributed by atoms with Crippen molar-refractivity contribution in [2.75, 3.05) is 7.05 Å². The van der Waals surface area contributed by atoms with Crippen LogP contribution in [0.1, 0.15) is 58.4 Å². The van der Waals surface area contributed by atoms with Crippen molar-refractivity contribution in [1.29, 1.82) is 0 Å². The molecule has 0 saturated carbocycles. The number of fused-ring (bicyclic) bond motifs is 3. The van der Waals surface area contributed by atoms with E-state index in [9.17, 15) is 0 Å². The molecule has 0 radical (unpaired) electrons. The first-order valence-electron chi connectivity index (χ1n) is 15.5. The Hall–Kier alpha value is -4.17. The second-order valence-corrected chi connectivity index (χ2v) is 13.3. The summed E-state index contributed by atoms with van der Waals surface area (Å²) in [6.45, 7) is 18.4. The van der Waals surface area contributed by atoms with E-state index in [1.807, 2.05) is 0 Å². The molecule has 0 atom stereocenters. The molecule has 0 N–H and O–H groups in total. The Kier molecular flexibility index (Phi) is 7.29. The number of hydrogen-bond acceptors (Lipinski definition) is 0. The fraction of sp³-hybridized carbons (Fsp3) is 0.244. The first kappa shape index (κ1) is 28.9. The van der Waals surface area contributed by atoms with Crippen LogP contribution in [0.4, 0.5) is 5.69 Å². The molecule has 1 nitrogen and oxygen atoms in total. The summed E-state index contributed by atoms with van der Waals surface area (Å²) in [5, 5.41) is 2.65. The molecule has 0 fully saturated rings. The highest BCUT2D eigenvalue weighted by Gasteiger charge is 2.44. The van der Waals surface area contributed by atoms with Gasteiger partial charge in [-0.3, -0.25) is 0 Å². The minimum absolute atomic E-state index is 0.0898. The molecule has 1 aliphatic rings. The minimum atomic E-state index is -0.0898. The first-order chi connectivity index (χ1) is 20.5. The number of allylic oxidation sites excluding steroid dienone is 1. The highest BCUT2D eigenvalue weighted by atomic mass is 15.0. The molecule has 0 aromatic heterocycles. The summed E-state index contributed by atoms with van der Waals surface area (Å²) in [5.41, 5.74) is 17.5. The van der Waals surface area contributed by atoms with Gasteiger partial charge in [0.2, 0.25) is 12.4 Å². The molecule has 0 aliphatic carbocycles. The molecular weight excluding hydrogens is 517 g/mol. The van der Waals surface area contributed by atoms with Crippen LogP contribution in [0.15, 0.2) is 91.0 Å². The van der Waals surface area contributed by atoms with E-state index in [2.05, 4.69) is 164 Å². The first-order valence-corrected chi connectivity index (χ1v) is 15.5. The van der Waals surface area contributed by atoms with Crippen molar-refractivity contribution in [3.63, 3.8) is 0 Å². The van der Waals surface area contributed by atoms with Gasteiger partial charge in [0, 0.05) is 17.7 Å². The van der Waals surface area contributed by atoms with Crippen molar-refractivity contribution in [3.05, 3.63) is 136 Å². The average Bonchev–Trinajstić information content (AvgIpc) is 3.14. The van der Waals surface area contributed by atoms with E-state index in [1.165, 1.54) is 83.1 Å². The van der Waals surface area contributed by atoms with E-state index in [0.29, 0.717) is 0 Å². The van der Waals surface area contributed by atoms with Gasteiger partial charge in [-0.2, -0.15) is 4.58 Å². The molecule has 0 saturated heterocycles. The average molecular weight is 561 g/mol. The highest BCUT2D eigenvalue weighted by Crippen LogP contribution is 2.43. The SMILES string of the molecule is Cc1cc(C)c(B(c2ccc(/C=C/C3=[N+](C)c4ccc5ccccc5c4C3(C)C)cc2)c2c(C)cc(C)cc2C)c(C)c1. The van der Waals surface area contributed by atoms with Gasteiger partial charge in [-0.05, 0) is 83.9 Å². The fourth-order valence-electron chi connectivity index (χ4n) is 7.94. The fourth-order valence-corrected chi connectivity index (χ4v) is 7.94. The topological polar surface area (TPSA) is 3.01 Å². The Morgan fingerprint density at radius 3 is 1.72 bits per heavy atom. The zero-order valence-corrected chi connectivity index (χ0v) is 27.3. The largest absolute Gasteiger partial charge is 0.242 e. The third-order valence-electron chi connectivity index (χ3n) is 9.65. The Labute approximate surface area is 258 Å². The monoisotopic (exact) mass is 560 g/mol. The number of benzene rings is 5. The van der Waals surface area contributed by atoms with Crippen molar-refractivity contribution >= 4 is 51.3 Å². The summed E-state index contributed by atoms with van der Waals surface area (Å²) < 4.78 is 2.37. The van der Waals surface area contributed by atoms with E-state index in [4.69, 9.17) is 0 Å². The van der Waals surface area contributed by atoms with Crippen molar-refractivity contribution in [1.82, 2.24) is 0 Å². The van der Waals surface area contributed by atoms with Crippen LogP contribution in [0.5, 0.6) is 0 Å². The molecule has 0 unspecified atom stereocenters. The molecule has 0 amide bonds. The van der Waals surface area contributed by atoms with Crippen LogP contribution in [-0.4, -0.2) is 24.0 Å².